The summed E-state index contributed by atoms with van der Waals surface area (Å²) in [5, 5.41) is 2.16. The molecule has 5 rings (SSSR count). The number of aromatic nitrogens is 1. The first-order valence-corrected chi connectivity index (χ1v) is 10.9. The number of carbonyl (C=O) groups is 1. The maximum atomic E-state index is 13.3. The van der Waals surface area contributed by atoms with Crippen molar-refractivity contribution in [2.24, 2.45) is 0 Å². The Labute approximate surface area is 175 Å². The quantitative estimate of drug-likeness (QED) is 0.643. The molecule has 2 aromatic heterocycles. The number of carbonyl (C=O) groups excluding carboxylic acids is 1. The van der Waals surface area contributed by atoms with E-state index in [9.17, 15) is 4.79 Å². The molecule has 29 heavy (non-hydrogen) atoms. The summed E-state index contributed by atoms with van der Waals surface area (Å²) in [7, 11) is 1.67. The summed E-state index contributed by atoms with van der Waals surface area (Å²) >= 11 is 1.82. The number of rotatable bonds is 5. The van der Waals surface area contributed by atoms with Crippen molar-refractivity contribution in [3.63, 3.8) is 0 Å². The van der Waals surface area contributed by atoms with E-state index < -0.39 is 0 Å². The number of nitrogens with zero attached hydrogens (tertiary/aromatic N) is 3. The fourth-order valence-electron chi connectivity index (χ4n) is 4.60. The zero-order chi connectivity index (χ0) is 20.0. The zero-order valence-electron chi connectivity index (χ0n) is 16.7. The number of aryl methyl sites for hydroxylation is 1. The highest BCUT2D eigenvalue weighted by molar-refractivity contribution is 7.10. The molecule has 0 radical (unpaired) electrons. The van der Waals surface area contributed by atoms with Gasteiger partial charge < -0.3 is 14.2 Å². The van der Waals surface area contributed by atoms with Crippen molar-refractivity contribution in [2.75, 3.05) is 20.2 Å². The maximum Gasteiger partial charge on any atom is 0.271 e. The molecule has 6 heteroatoms. The molecule has 2 aliphatic rings. The molecule has 1 saturated heterocycles. The molecule has 4 heterocycles. The van der Waals surface area contributed by atoms with Crippen molar-refractivity contribution in [2.45, 2.75) is 32.1 Å². The molecule has 3 aromatic rings. The van der Waals surface area contributed by atoms with Crippen molar-refractivity contribution >= 4 is 17.2 Å². The van der Waals surface area contributed by atoms with E-state index >= 15 is 0 Å². The predicted octanol–water partition coefficient (Wildman–Crippen LogP) is 3.95. The molecule has 2 atom stereocenters. The number of likely N-dealkylation sites (tertiary alicyclic amines) is 1. The van der Waals surface area contributed by atoms with Gasteiger partial charge in [0.15, 0.2) is 0 Å². The minimum atomic E-state index is 0.126. The molecule has 0 unspecified atom stereocenters. The van der Waals surface area contributed by atoms with Gasteiger partial charge in [0.2, 0.25) is 0 Å². The first-order chi connectivity index (χ1) is 14.1. The topological polar surface area (TPSA) is 37.7 Å². The Kier molecular flexibility index (Phi) is 4.68. The SMILES string of the molecule is COc1ccc(CN2C(=O)c3cccn3[C@@H]3CN(Cc4sccc4C)C[C@@H]32)cc1. The summed E-state index contributed by atoms with van der Waals surface area (Å²) in [6.45, 7) is 5.63. The van der Waals surface area contributed by atoms with E-state index in [4.69, 9.17) is 4.74 Å². The van der Waals surface area contributed by atoms with Gasteiger partial charge in [0.25, 0.3) is 5.91 Å². The Hall–Kier alpha value is -2.57. The summed E-state index contributed by atoms with van der Waals surface area (Å²) in [6.07, 6.45) is 2.06. The third kappa shape index (κ3) is 3.26. The van der Waals surface area contributed by atoms with Gasteiger partial charge in [-0.05, 0) is 53.8 Å². The van der Waals surface area contributed by atoms with Crippen LogP contribution in [0.4, 0.5) is 0 Å². The van der Waals surface area contributed by atoms with Crippen LogP contribution in [0.25, 0.3) is 0 Å². The van der Waals surface area contributed by atoms with Gasteiger partial charge in [-0.15, -0.1) is 11.3 Å². The van der Waals surface area contributed by atoms with E-state index in [2.05, 4.69) is 51.1 Å². The van der Waals surface area contributed by atoms with E-state index in [1.54, 1.807) is 7.11 Å². The monoisotopic (exact) mass is 407 g/mol. The van der Waals surface area contributed by atoms with Crippen LogP contribution in [0.5, 0.6) is 5.75 Å². The molecule has 2 aliphatic heterocycles. The number of benzene rings is 1. The minimum absolute atomic E-state index is 0.126. The highest BCUT2D eigenvalue weighted by Crippen LogP contribution is 2.36. The molecule has 5 nitrogen and oxygen atoms in total. The van der Waals surface area contributed by atoms with E-state index in [1.807, 2.05) is 35.6 Å². The van der Waals surface area contributed by atoms with E-state index in [-0.39, 0.29) is 11.9 Å². The van der Waals surface area contributed by atoms with Gasteiger partial charge in [-0.3, -0.25) is 9.69 Å². The van der Waals surface area contributed by atoms with E-state index in [1.165, 1.54) is 10.4 Å². The van der Waals surface area contributed by atoms with Gasteiger partial charge in [0, 0.05) is 37.3 Å². The standard InChI is InChI=1S/C23H25N3O2S/c1-16-9-11-29-22(16)15-24-13-20-21(14-24)26(23(27)19-4-3-10-25(19)20)12-17-5-7-18(28-2)8-6-17/h3-11,20-21H,12-15H2,1-2H3/t20-,21+/m1/s1. The summed E-state index contributed by atoms with van der Waals surface area (Å²) in [4.78, 5) is 19.3. The highest BCUT2D eigenvalue weighted by Gasteiger charge is 2.44. The average molecular weight is 408 g/mol. The predicted molar refractivity (Wildman–Crippen MR) is 114 cm³/mol. The molecule has 1 aromatic carbocycles. The van der Waals surface area contributed by atoms with Crippen LogP contribution in [0.2, 0.25) is 0 Å². The van der Waals surface area contributed by atoms with Gasteiger partial charge in [-0.1, -0.05) is 12.1 Å². The lowest BCUT2D eigenvalue weighted by Gasteiger charge is -2.38. The third-order valence-electron chi connectivity index (χ3n) is 6.20. The number of ether oxygens (including phenoxy) is 1. The lowest BCUT2D eigenvalue weighted by atomic mass is 10.0. The Morgan fingerprint density at radius 2 is 1.86 bits per heavy atom. The second-order valence-electron chi connectivity index (χ2n) is 7.94. The largest absolute Gasteiger partial charge is 0.497 e. The van der Waals surface area contributed by atoms with Crippen LogP contribution < -0.4 is 4.74 Å². The number of hydrogen-bond acceptors (Lipinski definition) is 4. The zero-order valence-corrected chi connectivity index (χ0v) is 17.6. The molecule has 150 valence electrons. The average Bonchev–Trinajstić information content (AvgIpc) is 3.46. The normalized spacial score (nSPS) is 21.3. The van der Waals surface area contributed by atoms with Crippen molar-refractivity contribution < 1.29 is 9.53 Å². The van der Waals surface area contributed by atoms with E-state index in [0.29, 0.717) is 12.6 Å². The summed E-state index contributed by atoms with van der Waals surface area (Å²) in [6, 6.07) is 14.6. The highest BCUT2D eigenvalue weighted by atomic mass is 32.1. The Bertz CT molecular complexity index is 1020. The molecule has 0 spiro atoms. The van der Waals surface area contributed by atoms with Gasteiger partial charge >= 0.3 is 0 Å². The Balaban J connectivity index is 1.42. The molecule has 0 saturated carbocycles. The number of fused-ring (bicyclic) bond motifs is 3. The summed E-state index contributed by atoms with van der Waals surface area (Å²) in [5.41, 5.74) is 3.29. The lowest BCUT2D eigenvalue weighted by Crippen LogP contribution is -2.49. The smallest absolute Gasteiger partial charge is 0.271 e. The first-order valence-electron chi connectivity index (χ1n) is 10.00. The van der Waals surface area contributed by atoms with Crippen LogP contribution in [-0.4, -0.2) is 46.5 Å². The van der Waals surface area contributed by atoms with E-state index in [0.717, 1.165) is 36.6 Å². The van der Waals surface area contributed by atoms with Crippen molar-refractivity contribution in [1.82, 2.24) is 14.4 Å². The van der Waals surface area contributed by atoms with Crippen LogP contribution >= 0.6 is 11.3 Å². The van der Waals surface area contributed by atoms with Gasteiger partial charge in [-0.25, -0.2) is 0 Å². The molecule has 1 fully saturated rings. The van der Waals surface area contributed by atoms with Crippen molar-refractivity contribution in [3.8, 4) is 5.75 Å². The fourth-order valence-corrected chi connectivity index (χ4v) is 5.55. The summed E-state index contributed by atoms with van der Waals surface area (Å²) in [5.74, 6) is 0.963. The maximum absolute atomic E-state index is 13.3. The van der Waals surface area contributed by atoms with Crippen LogP contribution in [0.15, 0.2) is 54.0 Å². The molecular formula is C23H25N3O2S. The second kappa shape index (κ2) is 7.35. The Morgan fingerprint density at radius 3 is 2.59 bits per heavy atom. The van der Waals surface area contributed by atoms with Gasteiger partial charge in [0.1, 0.15) is 11.4 Å². The second-order valence-corrected chi connectivity index (χ2v) is 8.94. The van der Waals surface area contributed by atoms with Crippen molar-refractivity contribution in [3.05, 3.63) is 75.7 Å². The fraction of sp³-hybridized carbons (Fsp3) is 0.348. The van der Waals surface area contributed by atoms with Crippen molar-refractivity contribution in [1.29, 1.82) is 0 Å². The van der Waals surface area contributed by atoms with Crippen LogP contribution in [0, 0.1) is 6.92 Å². The molecule has 0 bridgehead atoms. The summed E-state index contributed by atoms with van der Waals surface area (Å²) < 4.78 is 7.46. The molecular weight excluding hydrogens is 382 g/mol. The van der Waals surface area contributed by atoms with Crippen LogP contribution in [0.3, 0.4) is 0 Å². The molecule has 1 amide bonds. The van der Waals surface area contributed by atoms with Gasteiger partial charge in [-0.2, -0.15) is 0 Å². The molecule has 0 aliphatic carbocycles. The van der Waals surface area contributed by atoms with Crippen LogP contribution in [0.1, 0.15) is 32.5 Å². The van der Waals surface area contributed by atoms with Gasteiger partial charge in [0.05, 0.1) is 19.2 Å². The Morgan fingerprint density at radius 1 is 1.07 bits per heavy atom. The number of methoxy groups -OCH3 is 1. The minimum Gasteiger partial charge on any atom is -0.497 e. The number of hydrogen-bond donors (Lipinski definition) is 0. The molecule has 0 N–H and O–H groups in total. The van der Waals surface area contributed by atoms with Crippen LogP contribution in [-0.2, 0) is 13.1 Å². The number of thiophene rings is 1. The lowest BCUT2D eigenvalue weighted by molar-refractivity contribution is 0.0556. The first kappa shape index (κ1) is 18.5. The third-order valence-corrected chi connectivity index (χ3v) is 7.21. The number of amides is 1.